The number of hydrogen-bond donors (Lipinski definition) is 1. The molecule has 0 atom stereocenters. The minimum absolute atomic E-state index is 0.100. The molecule has 1 saturated heterocycles. The Labute approximate surface area is 190 Å². The highest BCUT2D eigenvalue weighted by atomic mass is 16.7. The average Bonchev–Trinajstić information content (AvgIpc) is 3.70. The minimum Gasteiger partial charge on any atom is -0.473 e. The van der Waals surface area contributed by atoms with E-state index >= 15 is 0 Å². The van der Waals surface area contributed by atoms with Gasteiger partial charge >= 0.3 is 0 Å². The molecule has 3 aliphatic rings. The molecule has 1 aliphatic heterocycles. The molecule has 0 amide bonds. The zero-order chi connectivity index (χ0) is 22.6. The molecule has 1 aromatic carbocycles. The fraction of sp³-hybridized carbons (Fsp3) is 0.560. The molecule has 170 valence electrons. The van der Waals surface area contributed by atoms with Gasteiger partial charge in [0.2, 0.25) is 5.90 Å². The van der Waals surface area contributed by atoms with Crippen molar-refractivity contribution in [3.63, 3.8) is 0 Å². The Morgan fingerprint density at radius 3 is 2.66 bits per heavy atom. The number of hydrazone groups is 1. The van der Waals surface area contributed by atoms with Gasteiger partial charge in [0, 0.05) is 16.9 Å². The van der Waals surface area contributed by atoms with E-state index in [2.05, 4.69) is 21.9 Å². The van der Waals surface area contributed by atoms with Crippen LogP contribution in [0.3, 0.4) is 0 Å². The highest BCUT2D eigenvalue weighted by molar-refractivity contribution is 6.61. The number of rotatable bonds is 6. The molecule has 0 radical (unpaired) electrons. The van der Waals surface area contributed by atoms with Gasteiger partial charge in [0.15, 0.2) is 12.0 Å². The van der Waals surface area contributed by atoms with E-state index in [4.69, 9.17) is 25.0 Å². The number of benzene rings is 1. The molecule has 1 heterocycles. The zero-order valence-electron chi connectivity index (χ0n) is 19.1. The lowest BCUT2D eigenvalue weighted by atomic mass is 10.1. The van der Waals surface area contributed by atoms with Crippen molar-refractivity contribution in [3.8, 4) is 11.8 Å². The first-order chi connectivity index (χ1) is 15.5. The zero-order valence-corrected chi connectivity index (χ0v) is 19.1. The summed E-state index contributed by atoms with van der Waals surface area (Å²) in [5.74, 6) is 13.1. The molecule has 1 aromatic rings. The van der Waals surface area contributed by atoms with E-state index in [0.29, 0.717) is 24.1 Å². The molecule has 32 heavy (non-hydrogen) atoms. The molecule has 4 rings (SSSR count). The van der Waals surface area contributed by atoms with Gasteiger partial charge in [-0.3, -0.25) is 4.99 Å². The van der Waals surface area contributed by atoms with Crippen molar-refractivity contribution in [3.05, 3.63) is 29.3 Å². The van der Waals surface area contributed by atoms with E-state index in [1.165, 1.54) is 25.7 Å². The Kier molecular flexibility index (Phi) is 6.92. The second-order valence-corrected chi connectivity index (χ2v) is 9.19. The van der Waals surface area contributed by atoms with E-state index in [9.17, 15) is 0 Å². The van der Waals surface area contributed by atoms with Crippen molar-refractivity contribution in [2.75, 3.05) is 19.8 Å². The van der Waals surface area contributed by atoms with Gasteiger partial charge in [-0.1, -0.05) is 17.9 Å². The van der Waals surface area contributed by atoms with E-state index in [-0.39, 0.29) is 17.8 Å². The molecular formula is C25H32N4O3. The second kappa shape index (κ2) is 9.85. The van der Waals surface area contributed by atoms with E-state index in [1.807, 2.05) is 39.0 Å². The van der Waals surface area contributed by atoms with Crippen molar-refractivity contribution >= 4 is 23.5 Å². The van der Waals surface area contributed by atoms with E-state index < -0.39 is 0 Å². The van der Waals surface area contributed by atoms with E-state index in [0.717, 1.165) is 30.0 Å². The lowest BCUT2D eigenvalue weighted by Crippen LogP contribution is -2.35. The van der Waals surface area contributed by atoms with Gasteiger partial charge in [0.05, 0.1) is 37.8 Å². The summed E-state index contributed by atoms with van der Waals surface area (Å²) in [6, 6.07) is 6.00. The highest BCUT2D eigenvalue weighted by Crippen LogP contribution is 2.48. The van der Waals surface area contributed by atoms with Crippen LogP contribution in [0.15, 0.2) is 33.3 Å². The van der Waals surface area contributed by atoms with Gasteiger partial charge in [0.25, 0.3) is 0 Å². The summed E-state index contributed by atoms with van der Waals surface area (Å²) in [6.45, 7) is 7.73. The van der Waals surface area contributed by atoms with Crippen molar-refractivity contribution in [2.24, 2.45) is 32.3 Å². The largest absolute Gasteiger partial charge is 0.473 e. The van der Waals surface area contributed by atoms with Crippen molar-refractivity contribution < 1.29 is 14.2 Å². The highest BCUT2D eigenvalue weighted by Gasteiger charge is 2.46. The molecule has 3 fully saturated rings. The molecule has 0 aromatic heterocycles. The number of nitrogens with zero attached hydrogens (tertiary/aromatic N) is 3. The molecular weight excluding hydrogens is 404 g/mol. The van der Waals surface area contributed by atoms with Gasteiger partial charge < -0.3 is 20.1 Å². The van der Waals surface area contributed by atoms with Gasteiger partial charge in [0.1, 0.15) is 0 Å². The quantitative estimate of drug-likeness (QED) is 0.242. The molecule has 0 bridgehead atoms. The van der Waals surface area contributed by atoms with Crippen LogP contribution in [0.1, 0.15) is 50.7 Å². The third-order valence-electron chi connectivity index (χ3n) is 5.71. The fourth-order valence-corrected chi connectivity index (χ4v) is 3.27. The Morgan fingerprint density at radius 2 is 2.03 bits per heavy atom. The number of ether oxygens (including phenoxy) is 3. The van der Waals surface area contributed by atoms with Crippen molar-refractivity contribution in [1.29, 1.82) is 0 Å². The van der Waals surface area contributed by atoms with Crippen LogP contribution in [-0.4, -0.2) is 50.0 Å². The summed E-state index contributed by atoms with van der Waals surface area (Å²) in [5.41, 5.74) is 3.35. The lowest BCUT2D eigenvalue weighted by molar-refractivity contribution is -0.201. The summed E-state index contributed by atoms with van der Waals surface area (Å²) in [7, 11) is 0. The average molecular weight is 437 g/mol. The summed E-state index contributed by atoms with van der Waals surface area (Å²) in [4.78, 5) is 9.16. The summed E-state index contributed by atoms with van der Waals surface area (Å²) in [5, 5.41) is 3.88. The SMILES string of the molecule is Cc1ccc(C#CC2CC2)cc1N=C(OC(C)C)/C(C=NCC1OCC2(CC2)CO1)=N/N. The van der Waals surface area contributed by atoms with Crippen LogP contribution in [0.5, 0.6) is 0 Å². The maximum Gasteiger partial charge on any atom is 0.244 e. The van der Waals surface area contributed by atoms with Crippen molar-refractivity contribution in [1.82, 2.24) is 0 Å². The molecule has 0 unspecified atom stereocenters. The maximum absolute atomic E-state index is 5.94. The molecule has 2 saturated carbocycles. The Bertz CT molecular complexity index is 969. The van der Waals surface area contributed by atoms with Crippen LogP contribution >= 0.6 is 0 Å². The summed E-state index contributed by atoms with van der Waals surface area (Å²) in [6.07, 6.45) is 5.90. The first-order valence-electron chi connectivity index (χ1n) is 11.4. The Balaban J connectivity index is 1.47. The molecule has 7 nitrogen and oxygen atoms in total. The Hall–Kier alpha value is -2.69. The molecule has 2 N–H and O–H groups in total. The monoisotopic (exact) mass is 436 g/mol. The van der Waals surface area contributed by atoms with Crippen molar-refractivity contribution in [2.45, 2.75) is 58.8 Å². The number of aliphatic imine (C=N–C) groups is 2. The summed E-state index contributed by atoms with van der Waals surface area (Å²) < 4.78 is 17.5. The Morgan fingerprint density at radius 1 is 1.28 bits per heavy atom. The van der Waals surface area contributed by atoms with Crippen LogP contribution < -0.4 is 5.84 Å². The lowest BCUT2D eigenvalue weighted by Gasteiger charge is -2.28. The first kappa shape index (κ1) is 22.5. The molecule has 1 spiro atoms. The smallest absolute Gasteiger partial charge is 0.244 e. The normalized spacial score (nSPS) is 21.1. The van der Waals surface area contributed by atoms with Crippen LogP contribution in [0.4, 0.5) is 5.69 Å². The van der Waals surface area contributed by atoms with Gasteiger partial charge in [-0.2, -0.15) is 5.10 Å². The summed E-state index contributed by atoms with van der Waals surface area (Å²) >= 11 is 0. The van der Waals surface area contributed by atoms with Gasteiger partial charge in [-0.25, -0.2) is 4.99 Å². The van der Waals surface area contributed by atoms with Crippen LogP contribution in [0.2, 0.25) is 0 Å². The third kappa shape index (κ3) is 6.18. The minimum atomic E-state index is -0.341. The number of nitrogens with two attached hydrogens (primary N) is 1. The van der Waals surface area contributed by atoms with Gasteiger partial charge in [-0.05, 0) is 64.2 Å². The number of hydrogen-bond acceptors (Lipinski definition) is 7. The maximum atomic E-state index is 5.94. The predicted molar refractivity (Wildman–Crippen MR) is 126 cm³/mol. The first-order valence-corrected chi connectivity index (χ1v) is 11.4. The molecule has 7 heteroatoms. The molecule has 2 aliphatic carbocycles. The predicted octanol–water partition coefficient (Wildman–Crippen LogP) is 3.75. The van der Waals surface area contributed by atoms with Gasteiger partial charge in [-0.15, -0.1) is 0 Å². The number of aryl methyl sites for hydroxylation is 1. The van der Waals surface area contributed by atoms with Crippen LogP contribution in [0.25, 0.3) is 0 Å². The van der Waals surface area contributed by atoms with Crippen LogP contribution in [0, 0.1) is 30.1 Å². The fourth-order valence-electron chi connectivity index (χ4n) is 3.27. The van der Waals surface area contributed by atoms with Crippen LogP contribution in [-0.2, 0) is 14.2 Å². The third-order valence-corrected chi connectivity index (χ3v) is 5.71. The van der Waals surface area contributed by atoms with E-state index in [1.54, 1.807) is 6.21 Å². The topological polar surface area (TPSA) is 90.8 Å². The standard InChI is InChI=1S/C25H32N4O3/c1-17(2)32-24(28-21-12-20(5-4-18(21)3)9-8-19-6-7-19)22(29-26)13-27-14-23-30-15-25(10-11-25)16-31-23/h4-5,12-13,17,19,23H,6-7,10-11,14-16,26H2,1-3H3/b27-13?,28-24?,29-22+. The second-order valence-electron chi connectivity index (χ2n) is 9.19.